The van der Waals surface area contributed by atoms with Crippen LogP contribution in [0.4, 0.5) is 0 Å². The Morgan fingerprint density at radius 1 is 1.36 bits per heavy atom. The Kier molecular flexibility index (Phi) is 6.18. The smallest absolute Gasteiger partial charge is 0.374 e. The molecule has 82 valence electrons. The fourth-order valence-corrected chi connectivity index (χ4v) is 0.960. The molecule has 14 heavy (non-hydrogen) atoms. The third-order valence-corrected chi connectivity index (χ3v) is 1.39. The van der Waals surface area contributed by atoms with Crippen molar-refractivity contribution < 1.29 is 17.5 Å². The first-order valence-corrected chi connectivity index (χ1v) is 5.60. The first kappa shape index (κ1) is 13.2. The normalized spacial score (nSPS) is 14.9. The van der Waals surface area contributed by atoms with E-state index in [0.29, 0.717) is 0 Å². The van der Waals surface area contributed by atoms with Crippen LogP contribution < -0.4 is 0 Å². The summed E-state index contributed by atoms with van der Waals surface area (Å²) >= 11 is 0. The highest BCUT2D eigenvalue weighted by Gasteiger charge is 1.94. The molecule has 0 spiro atoms. The van der Waals surface area contributed by atoms with E-state index in [4.69, 9.17) is 17.5 Å². The molecule has 1 aliphatic rings. The zero-order valence-corrected chi connectivity index (χ0v) is 8.81. The highest BCUT2D eigenvalue weighted by molar-refractivity contribution is 7.79. The van der Waals surface area contributed by atoms with Crippen LogP contribution in [0.15, 0.2) is 24.4 Å². The highest BCUT2D eigenvalue weighted by Crippen LogP contribution is 1.98. The van der Waals surface area contributed by atoms with E-state index in [-0.39, 0.29) is 0 Å². The Morgan fingerprint density at radius 2 is 1.93 bits per heavy atom. The molecule has 0 aromatic rings. The number of nitrogens with zero attached hydrogens (tertiary/aromatic N) is 1. The Morgan fingerprint density at radius 3 is 2.29 bits per heavy atom. The lowest BCUT2D eigenvalue weighted by Gasteiger charge is -2.18. The minimum atomic E-state index is -4.67. The molecule has 1 heterocycles. The van der Waals surface area contributed by atoms with Gasteiger partial charge in [-0.15, -0.1) is 0 Å². The molecule has 0 unspecified atom stereocenters. The third-order valence-electron chi connectivity index (χ3n) is 1.39. The second-order valence-corrected chi connectivity index (χ2v) is 3.61. The van der Waals surface area contributed by atoms with E-state index in [1.165, 1.54) is 13.0 Å². The Hall–Kier alpha value is -0.850. The minimum Gasteiger partial charge on any atom is -0.374 e. The third kappa shape index (κ3) is 11.2. The van der Waals surface area contributed by atoms with Gasteiger partial charge in [0.25, 0.3) is 0 Å². The molecule has 0 radical (unpaired) electrons. The molecule has 1 aliphatic heterocycles. The first-order chi connectivity index (χ1) is 6.43. The van der Waals surface area contributed by atoms with Crippen LogP contribution >= 0.6 is 0 Å². The van der Waals surface area contributed by atoms with Crippen molar-refractivity contribution in [1.82, 2.24) is 4.90 Å². The monoisotopic (exact) mass is 221 g/mol. The van der Waals surface area contributed by atoms with Crippen molar-refractivity contribution in [3.05, 3.63) is 24.4 Å². The van der Waals surface area contributed by atoms with Gasteiger partial charge in [0.1, 0.15) is 0 Å². The maximum atomic E-state index is 8.74. The number of hydrogen-bond acceptors (Lipinski definition) is 3. The minimum absolute atomic E-state index is 1.09. The predicted octanol–water partition coefficient (Wildman–Crippen LogP) is 1.13. The standard InChI is InChI=1S/C8H13N.H2O4S/c1-2-6-9-7-4-3-5-8-9;1-5(2,3)4/h3-5,7H,2,6,8H2,1H3;(H2,1,2,3,4). The molecule has 0 aromatic heterocycles. The average Bonchev–Trinajstić information content (AvgIpc) is 2.03. The van der Waals surface area contributed by atoms with Gasteiger partial charge in [0, 0.05) is 13.1 Å². The summed E-state index contributed by atoms with van der Waals surface area (Å²) in [7, 11) is -4.67. The molecule has 1 rings (SSSR count). The van der Waals surface area contributed by atoms with Crippen molar-refractivity contribution in [2.24, 2.45) is 0 Å². The summed E-state index contributed by atoms with van der Waals surface area (Å²) < 4.78 is 31.6. The van der Waals surface area contributed by atoms with E-state index in [9.17, 15) is 0 Å². The van der Waals surface area contributed by atoms with Gasteiger partial charge in [0.15, 0.2) is 0 Å². The fourth-order valence-electron chi connectivity index (χ4n) is 0.960. The molecule has 0 aliphatic carbocycles. The lowest BCUT2D eigenvalue weighted by Crippen LogP contribution is -2.19. The molecule has 2 N–H and O–H groups in total. The second kappa shape index (κ2) is 6.58. The van der Waals surface area contributed by atoms with Crippen molar-refractivity contribution in [3.63, 3.8) is 0 Å². The van der Waals surface area contributed by atoms with Crippen molar-refractivity contribution >= 4 is 10.4 Å². The topological polar surface area (TPSA) is 77.8 Å². The Balaban J connectivity index is 0.000000292. The number of rotatable bonds is 2. The van der Waals surface area contributed by atoms with Gasteiger partial charge in [-0.1, -0.05) is 19.1 Å². The molecule has 0 atom stereocenters. The molecular weight excluding hydrogens is 206 g/mol. The molecule has 0 aromatic carbocycles. The molecular formula is C8H15NO4S. The number of allylic oxidation sites excluding steroid dienone is 2. The maximum absolute atomic E-state index is 8.74. The molecule has 0 saturated heterocycles. The van der Waals surface area contributed by atoms with Crippen LogP contribution in [0, 0.1) is 0 Å². The molecule has 0 bridgehead atoms. The SMILES string of the molecule is CCCN1C=CC=CC1.O=S(=O)(O)O. The molecule has 5 nitrogen and oxygen atoms in total. The van der Waals surface area contributed by atoms with E-state index >= 15 is 0 Å². The fraction of sp³-hybridized carbons (Fsp3) is 0.500. The van der Waals surface area contributed by atoms with Crippen molar-refractivity contribution in [2.75, 3.05) is 13.1 Å². The summed E-state index contributed by atoms with van der Waals surface area (Å²) in [5.74, 6) is 0. The summed E-state index contributed by atoms with van der Waals surface area (Å²) in [6.07, 6.45) is 9.72. The van der Waals surface area contributed by atoms with Gasteiger partial charge in [-0.2, -0.15) is 8.42 Å². The van der Waals surface area contributed by atoms with Crippen LogP contribution in [0.5, 0.6) is 0 Å². The van der Waals surface area contributed by atoms with Crippen LogP contribution in [0.25, 0.3) is 0 Å². The highest BCUT2D eigenvalue weighted by atomic mass is 32.3. The Labute approximate surface area is 84.3 Å². The summed E-state index contributed by atoms with van der Waals surface area (Å²) in [4.78, 5) is 2.31. The first-order valence-electron chi connectivity index (χ1n) is 4.20. The van der Waals surface area contributed by atoms with Gasteiger partial charge in [-0.3, -0.25) is 9.11 Å². The van der Waals surface area contributed by atoms with Gasteiger partial charge < -0.3 is 4.90 Å². The van der Waals surface area contributed by atoms with Crippen LogP contribution in [-0.2, 0) is 10.4 Å². The second-order valence-electron chi connectivity index (χ2n) is 2.71. The zero-order chi connectivity index (χ0) is 11.0. The van der Waals surface area contributed by atoms with Crippen molar-refractivity contribution in [2.45, 2.75) is 13.3 Å². The molecule has 6 heteroatoms. The van der Waals surface area contributed by atoms with Crippen LogP contribution in [0.3, 0.4) is 0 Å². The predicted molar refractivity (Wildman–Crippen MR) is 54.3 cm³/mol. The Bertz CT molecular complexity index is 286. The average molecular weight is 221 g/mol. The van der Waals surface area contributed by atoms with E-state index in [1.807, 2.05) is 0 Å². The van der Waals surface area contributed by atoms with Crippen LogP contribution in [-0.4, -0.2) is 35.5 Å². The van der Waals surface area contributed by atoms with Gasteiger partial charge in [0.05, 0.1) is 0 Å². The van der Waals surface area contributed by atoms with Crippen LogP contribution in [0.1, 0.15) is 13.3 Å². The van der Waals surface area contributed by atoms with E-state index in [2.05, 4.69) is 36.3 Å². The lowest BCUT2D eigenvalue weighted by molar-refractivity contribution is 0.381. The summed E-state index contributed by atoms with van der Waals surface area (Å²) in [5, 5.41) is 0. The van der Waals surface area contributed by atoms with Crippen LogP contribution in [0.2, 0.25) is 0 Å². The van der Waals surface area contributed by atoms with Gasteiger partial charge in [-0.25, -0.2) is 0 Å². The zero-order valence-electron chi connectivity index (χ0n) is 8.00. The van der Waals surface area contributed by atoms with Gasteiger partial charge in [0.2, 0.25) is 0 Å². The van der Waals surface area contributed by atoms with E-state index in [0.717, 1.165) is 6.54 Å². The molecule has 0 fully saturated rings. The summed E-state index contributed by atoms with van der Waals surface area (Å²) in [6.45, 7) is 4.47. The number of hydrogen-bond donors (Lipinski definition) is 2. The van der Waals surface area contributed by atoms with Crippen molar-refractivity contribution in [3.8, 4) is 0 Å². The summed E-state index contributed by atoms with van der Waals surface area (Å²) in [5.41, 5.74) is 0. The molecule has 0 saturated carbocycles. The van der Waals surface area contributed by atoms with E-state index in [1.54, 1.807) is 0 Å². The maximum Gasteiger partial charge on any atom is 0.394 e. The lowest BCUT2D eigenvalue weighted by atomic mass is 10.3. The van der Waals surface area contributed by atoms with Gasteiger partial charge >= 0.3 is 10.4 Å². The van der Waals surface area contributed by atoms with E-state index < -0.39 is 10.4 Å². The molecule has 0 amide bonds. The van der Waals surface area contributed by atoms with Crippen molar-refractivity contribution in [1.29, 1.82) is 0 Å². The van der Waals surface area contributed by atoms with Gasteiger partial charge in [-0.05, 0) is 18.7 Å². The quantitative estimate of drug-likeness (QED) is 0.683. The summed E-state index contributed by atoms with van der Waals surface area (Å²) in [6, 6.07) is 0. The largest absolute Gasteiger partial charge is 0.394 e.